The first-order chi connectivity index (χ1) is 16.6. The molecule has 2 aromatic carbocycles. The van der Waals surface area contributed by atoms with Gasteiger partial charge in [0, 0.05) is 49.2 Å². The molecule has 4 rings (SSSR count). The van der Waals surface area contributed by atoms with Crippen molar-refractivity contribution in [2.45, 2.75) is 0 Å². The largest absolute Gasteiger partial charge is 0.378 e. The van der Waals surface area contributed by atoms with E-state index in [1.54, 1.807) is 30.3 Å². The summed E-state index contributed by atoms with van der Waals surface area (Å²) in [4.78, 5) is 28.3. The molecule has 176 valence electrons. The predicted octanol–water partition coefficient (Wildman–Crippen LogP) is 2.81. The van der Waals surface area contributed by atoms with Crippen LogP contribution >= 0.6 is 0 Å². The lowest BCUT2D eigenvalue weighted by molar-refractivity contribution is -0.384. The summed E-state index contributed by atoms with van der Waals surface area (Å²) >= 11 is 0. The molecule has 2 aromatic rings. The molecule has 0 aliphatic carbocycles. The number of hydrogen-bond acceptors (Lipinski definition) is 8. The van der Waals surface area contributed by atoms with E-state index >= 15 is 0 Å². The highest BCUT2D eigenvalue weighted by molar-refractivity contribution is 6.10. The number of anilines is 3. The average Bonchev–Trinajstić information content (AvgIpc) is 2.88. The fourth-order valence-electron chi connectivity index (χ4n) is 4.00. The number of carbonyl (C=O) groups excluding carboxylic acids is 1. The fraction of sp³-hybridized carbons (Fsp3) is 0.333. The smallest absolute Gasteiger partial charge is 0.293 e. The van der Waals surface area contributed by atoms with Crippen LogP contribution in [0.2, 0.25) is 0 Å². The number of benzene rings is 2. The van der Waals surface area contributed by atoms with Gasteiger partial charge < -0.3 is 24.6 Å². The van der Waals surface area contributed by atoms with Crippen molar-refractivity contribution in [2.24, 2.45) is 0 Å². The standard InChI is InChI=1S/C24H25N5O5/c25-17-19(24(30)26-20-4-2-1-3-5-20)14-18-15-23(29(31)32)22(28-8-12-34-13-9-28)16-21(18)27-6-10-33-11-7-27/h1-5,14-16H,6-13H2,(H,26,30). The number of amides is 1. The van der Waals surface area contributed by atoms with Crippen LogP contribution in [-0.2, 0) is 14.3 Å². The Hall–Kier alpha value is -3.94. The molecule has 2 aliphatic rings. The number of ether oxygens (including phenoxy) is 2. The Morgan fingerprint density at radius 1 is 1.00 bits per heavy atom. The fourth-order valence-corrected chi connectivity index (χ4v) is 4.00. The first kappa shape index (κ1) is 23.2. The molecule has 0 radical (unpaired) electrons. The third-order valence-corrected chi connectivity index (χ3v) is 5.72. The maximum absolute atomic E-state index is 12.8. The maximum Gasteiger partial charge on any atom is 0.293 e. The van der Waals surface area contributed by atoms with Crippen LogP contribution in [0.15, 0.2) is 48.0 Å². The van der Waals surface area contributed by atoms with Gasteiger partial charge in [-0.2, -0.15) is 5.26 Å². The zero-order valence-corrected chi connectivity index (χ0v) is 18.6. The van der Waals surface area contributed by atoms with Crippen molar-refractivity contribution in [1.29, 1.82) is 5.26 Å². The minimum absolute atomic E-state index is 0.0779. The molecule has 0 unspecified atom stereocenters. The molecule has 0 spiro atoms. The van der Waals surface area contributed by atoms with E-state index in [-0.39, 0.29) is 11.3 Å². The van der Waals surface area contributed by atoms with Crippen LogP contribution in [0.4, 0.5) is 22.7 Å². The van der Waals surface area contributed by atoms with E-state index in [0.29, 0.717) is 69.5 Å². The van der Waals surface area contributed by atoms with Crippen molar-refractivity contribution in [3.05, 3.63) is 63.7 Å². The molecule has 2 fully saturated rings. The van der Waals surface area contributed by atoms with Crippen LogP contribution in [0.25, 0.3) is 6.08 Å². The number of rotatable bonds is 6. The number of nitrogens with zero attached hydrogens (tertiary/aromatic N) is 4. The number of carbonyl (C=O) groups is 1. The third kappa shape index (κ3) is 5.33. The van der Waals surface area contributed by atoms with Crippen LogP contribution in [-0.4, -0.2) is 63.4 Å². The van der Waals surface area contributed by atoms with Gasteiger partial charge in [0.05, 0.1) is 31.4 Å². The van der Waals surface area contributed by atoms with Crippen LogP contribution in [0.3, 0.4) is 0 Å². The number of nitro groups is 1. The molecular weight excluding hydrogens is 438 g/mol. The number of nitro benzene ring substituents is 1. The van der Waals surface area contributed by atoms with Gasteiger partial charge in [-0.1, -0.05) is 18.2 Å². The first-order valence-corrected chi connectivity index (χ1v) is 11.0. The topological polar surface area (TPSA) is 121 Å². The molecule has 10 heteroatoms. The molecule has 2 saturated heterocycles. The van der Waals surface area contributed by atoms with Crippen molar-refractivity contribution < 1.29 is 19.2 Å². The van der Waals surface area contributed by atoms with E-state index in [1.807, 2.05) is 17.0 Å². The molecule has 34 heavy (non-hydrogen) atoms. The van der Waals surface area contributed by atoms with Gasteiger partial charge in [-0.05, 0) is 24.3 Å². The zero-order valence-electron chi connectivity index (χ0n) is 18.6. The van der Waals surface area contributed by atoms with Gasteiger partial charge in [0.2, 0.25) is 0 Å². The summed E-state index contributed by atoms with van der Waals surface area (Å²) in [6.07, 6.45) is 1.42. The average molecular weight is 463 g/mol. The van der Waals surface area contributed by atoms with Crippen molar-refractivity contribution in [3.8, 4) is 6.07 Å². The molecular formula is C24H25N5O5. The molecule has 2 heterocycles. The molecule has 1 amide bonds. The van der Waals surface area contributed by atoms with Gasteiger partial charge in [0.25, 0.3) is 11.6 Å². The molecule has 10 nitrogen and oxygen atoms in total. The minimum Gasteiger partial charge on any atom is -0.378 e. The Balaban J connectivity index is 1.77. The number of nitriles is 1. The second-order valence-electron chi connectivity index (χ2n) is 7.85. The van der Waals surface area contributed by atoms with E-state index in [4.69, 9.17) is 9.47 Å². The summed E-state index contributed by atoms with van der Waals surface area (Å²) in [5, 5.41) is 24.4. The summed E-state index contributed by atoms with van der Waals surface area (Å²) in [5.74, 6) is -0.582. The van der Waals surface area contributed by atoms with E-state index in [2.05, 4.69) is 10.2 Å². The van der Waals surface area contributed by atoms with E-state index in [9.17, 15) is 20.2 Å². The highest BCUT2D eigenvalue weighted by Crippen LogP contribution is 2.37. The summed E-state index contributed by atoms with van der Waals surface area (Å²) in [7, 11) is 0. The zero-order chi connectivity index (χ0) is 23.9. The summed E-state index contributed by atoms with van der Waals surface area (Å²) in [6.45, 7) is 4.30. The Bertz CT molecular complexity index is 1120. The van der Waals surface area contributed by atoms with Gasteiger partial charge in [-0.25, -0.2) is 0 Å². The number of hydrogen-bond donors (Lipinski definition) is 1. The van der Waals surface area contributed by atoms with Crippen molar-refractivity contribution in [1.82, 2.24) is 0 Å². The number of morpholine rings is 2. The van der Waals surface area contributed by atoms with E-state index < -0.39 is 10.8 Å². The summed E-state index contributed by atoms with van der Waals surface area (Å²) in [6, 6.07) is 14.0. The predicted molar refractivity (Wildman–Crippen MR) is 128 cm³/mol. The normalized spacial score (nSPS) is 16.6. The van der Waals surface area contributed by atoms with Gasteiger partial charge in [-0.3, -0.25) is 14.9 Å². The Morgan fingerprint density at radius 3 is 2.15 bits per heavy atom. The van der Waals surface area contributed by atoms with Crippen molar-refractivity contribution in [3.63, 3.8) is 0 Å². The lowest BCUT2D eigenvalue weighted by Crippen LogP contribution is -2.38. The molecule has 1 N–H and O–H groups in total. The number of para-hydroxylation sites is 1. The SMILES string of the molecule is N#CC(=Cc1cc([N+](=O)[O-])c(N2CCOCC2)cc1N1CCOCC1)C(=O)Nc1ccccc1. The Kier molecular flexibility index (Phi) is 7.37. The van der Waals surface area contributed by atoms with Crippen molar-refractivity contribution >= 4 is 34.7 Å². The molecule has 2 aliphatic heterocycles. The van der Waals surface area contributed by atoms with Gasteiger partial charge in [-0.15, -0.1) is 0 Å². The van der Waals surface area contributed by atoms with Crippen LogP contribution in [0.5, 0.6) is 0 Å². The Labute approximate surface area is 197 Å². The third-order valence-electron chi connectivity index (χ3n) is 5.72. The van der Waals surface area contributed by atoms with Crippen molar-refractivity contribution in [2.75, 3.05) is 67.7 Å². The van der Waals surface area contributed by atoms with Crippen LogP contribution in [0.1, 0.15) is 5.56 Å². The van der Waals surface area contributed by atoms with Gasteiger partial charge in [0.15, 0.2) is 0 Å². The lowest BCUT2D eigenvalue weighted by Gasteiger charge is -2.33. The molecule has 0 bridgehead atoms. The monoisotopic (exact) mass is 463 g/mol. The van der Waals surface area contributed by atoms with Gasteiger partial charge in [0.1, 0.15) is 17.3 Å². The second-order valence-corrected chi connectivity index (χ2v) is 7.85. The minimum atomic E-state index is -0.582. The van der Waals surface area contributed by atoms with Crippen LogP contribution in [0, 0.1) is 21.4 Å². The highest BCUT2D eigenvalue weighted by Gasteiger charge is 2.26. The first-order valence-electron chi connectivity index (χ1n) is 11.0. The van der Waals surface area contributed by atoms with E-state index in [1.165, 1.54) is 12.1 Å². The lowest BCUT2D eigenvalue weighted by atomic mass is 10.0. The molecule has 0 atom stereocenters. The van der Waals surface area contributed by atoms with Gasteiger partial charge >= 0.3 is 0 Å². The maximum atomic E-state index is 12.8. The summed E-state index contributed by atoms with van der Waals surface area (Å²) < 4.78 is 10.9. The van der Waals surface area contributed by atoms with E-state index in [0.717, 1.165) is 5.69 Å². The molecule has 0 aromatic heterocycles. The summed E-state index contributed by atoms with van der Waals surface area (Å²) in [5.41, 5.74) is 1.98. The van der Waals surface area contributed by atoms with Crippen LogP contribution < -0.4 is 15.1 Å². The highest BCUT2D eigenvalue weighted by atomic mass is 16.6. The quantitative estimate of drug-likeness (QED) is 0.300. The number of nitrogens with one attached hydrogen (secondary N) is 1. The molecule has 0 saturated carbocycles. The second kappa shape index (κ2) is 10.8. The Morgan fingerprint density at radius 2 is 1.59 bits per heavy atom.